The maximum atomic E-state index is 9.45. The van der Waals surface area contributed by atoms with Crippen LogP contribution in [0.15, 0.2) is 11.6 Å². The van der Waals surface area contributed by atoms with Gasteiger partial charge in [-0.2, -0.15) is 0 Å². The van der Waals surface area contributed by atoms with Crippen molar-refractivity contribution in [2.75, 3.05) is 0 Å². The second-order valence-electron chi connectivity index (χ2n) is 4.57. The van der Waals surface area contributed by atoms with Crippen molar-refractivity contribution in [3.63, 3.8) is 0 Å². The fraction of sp³-hybridized carbons (Fsp3) is 0.636. The molecule has 0 amide bonds. The van der Waals surface area contributed by atoms with Crippen molar-refractivity contribution in [3.05, 3.63) is 11.6 Å². The van der Waals surface area contributed by atoms with Crippen molar-refractivity contribution in [2.24, 2.45) is 0 Å². The molecular formula is C11H20OSi. The molecule has 0 fully saturated rings. The van der Waals surface area contributed by atoms with Crippen LogP contribution in [0.1, 0.15) is 20.3 Å². The molecule has 1 nitrogen and oxygen atoms in total. The topological polar surface area (TPSA) is 20.2 Å². The Labute approximate surface area is 82.9 Å². The molecule has 0 aliphatic carbocycles. The Bertz CT molecular complexity index is 233. The summed E-state index contributed by atoms with van der Waals surface area (Å²) in [6.45, 7) is 10.6. The van der Waals surface area contributed by atoms with Crippen LogP contribution in [-0.4, -0.2) is 19.3 Å². The third-order valence-electron chi connectivity index (χ3n) is 1.30. The van der Waals surface area contributed by atoms with E-state index in [4.69, 9.17) is 0 Å². The van der Waals surface area contributed by atoms with Gasteiger partial charge in [0.1, 0.15) is 8.07 Å². The summed E-state index contributed by atoms with van der Waals surface area (Å²) >= 11 is 0. The van der Waals surface area contributed by atoms with E-state index in [0.717, 1.165) is 5.57 Å². The summed E-state index contributed by atoms with van der Waals surface area (Å²) in [4.78, 5) is 0. The van der Waals surface area contributed by atoms with E-state index in [-0.39, 0.29) is 0 Å². The highest BCUT2D eigenvalue weighted by Gasteiger charge is 2.07. The van der Waals surface area contributed by atoms with E-state index in [9.17, 15) is 5.11 Å². The zero-order valence-electron chi connectivity index (χ0n) is 9.31. The molecule has 0 saturated carbocycles. The third-order valence-corrected chi connectivity index (χ3v) is 2.23. The van der Waals surface area contributed by atoms with Crippen LogP contribution in [0.3, 0.4) is 0 Å². The van der Waals surface area contributed by atoms with Crippen LogP contribution in [-0.2, 0) is 0 Å². The van der Waals surface area contributed by atoms with Crippen LogP contribution in [0.2, 0.25) is 19.6 Å². The fourth-order valence-corrected chi connectivity index (χ4v) is 1.50. The molecule has 0 unspecified atom stereocenters. The van der Waals surface area contributed by atoms with Gasteiger partial charge in [-0.25, -0.2) is 0 Å². The molecule has 13 heavy (non-hydrogen) atoms. The van der Waals surface area contributed by atoms with Crippen molar-refractivity contribution >= 4 is 8.07 Å². The predicted molar refractivity (Wildman–Crippen MR) is 61.2 cm³/mol. The van der Waals surface area contributed by atoms with E-state index in [0.29, 0.717) is 6.42 Å². The summed E-state index contributed by atoms with van der Waals surface area (Å²) in [6, 6.07) is 0. The Balaban J connectivity index is 4.01. The van der Waals surface area contributed by atoms with Crippen molar-refractivity contribution in [1.29, 1.82) is 0 Å². The minimum absolute atomic E-state index is 0.395. The van der Waals surface area contributed by atoms with Crippen molar-refractivity contribution in [3.8, 4) is 11.5 Å². The molecule has 1 N–H and O–H groups in total. The number of rotatable bonds is 2. The van der Waals surface area contributed by atoms with Crippen LogP contribution in [0, 0.1) is 11.5 Å². The first-order valence-electron chi connectivity index (χ1n) is 4.64. The second kappa shape index (κ2) is 5.26. The van der Waals surface area contributed by atoms with Gasteiger partial charge in [-0.1, -0.05) is 31.3 Å². The zero-order chi connectivity index (χ0) is 10.5. The Morgan fingerprint density at radius 3 is 2.31 bits per heavy atom. The Hall–Kier alpha value is -0.523. The lowest BCUT2D eigenvalue weighted by Gasteiger charge is -2.04. The lowest BCUT2D eigenvalue weighted by Crippen LogP contribution is -2.16. The van der Waals surface area contributed by atoms with Gasteiger partial charge in [-0.05, 0) is 13.8 Å². The summed E-state index contributed by atoms with van der Waals surface area (Å²) in [5.74, 6) is 3.05. The van der Waals surface area contributed by atoms with E-state index in [1.807, 2.05) is 19.9 Å². The summed E-state index contributed by atoms with van der Waals surface area (Å²) in [5.41, 5.74) is 4.37. The Kier molecular flexibility index (Phi) is 5.05. The van der Waals surface area contributed by atoms with Gasteiger partial charge in [0.25, 0.3) is 0 Å². The minimum Gasteiger partial charge on any atom is -0.388 e. The summed E-state index contributed by atoms with van der Waals surface area (Å²) < 4.78 is 0. The number of aliphatic hydroxyl groups is 1. The number of aliphatic hydroxyl groups excluding tert-OH is 1. The minimum atomic E-state index is -1.26. The lowest BCUT2D eigenvalue weighted by molar-refractivity contribution is 0.228. The number of hydrogen-bond acceptors (Lipinski definition) is 1. The highest BCUT2D eigenvalue weighted by Crippen LogP contribution is 2.00. The van der Waals surface area contributed by atoms with Gasteiger partial charge in [0.05, 0.1) is 6.10 Å². The lowest BCUT2D eigenvalue weighted by atomic mass is 10.2. The molecule has 0 aromatic carbocycles. The monoisotopic (exact) mass is 196 g/mol. The largest absolute Gasteiger partial charge is 0.388 e. The molecule has 0 radical (unpaired) electrons. The first-order valence-corrected chi connectivity index (χ1v) is 8.14. The maximum Gasteiger partial charge on any atom is 0.129 e. The Morgan fingerprint density at radius 2 is 1.92 bits per heavy atom. The molecule has 0 rings (SSSR count). The molecule has 0 aromatic heterocycles. The average Bonchev–Trinajstić information content (AvgIpc) is 1.81. The van der Waals surface area contributed by atoms with Crippen LogP contribution < -0.4 is 0 Å². The van der Waals surface area contributed by atoms with Gasteiger partial charge in [0, 0.05) is 6.42 Å². The molecule has 0 aromatic rings. The van der Waals surface area contributed by atoms with E-state index in [1.54, 1.807) is 0 Å². The van der Waals surface area contributed by atoms with Gasteiger partial charge in [0.15, 0.2) is 0 Å². The molecule has 0 heterocycles. The van der Waals surface area contributed by atoms with Gasteiger partial charge >= 0.3 is 0 Å². The summed E-state index contributed by atoms with van der Waals surface area (Å²) in [5, 5.41) is 9.45. The molecule has 0 bridgehead atoms. The molecular weight excluding hydrogens is 176 g/mol. The first kappa shape index (κ1) is 12.5. The van der Waals surface area contributed by atoms with Crippen LogP contribution in [0.5, 0.6) is 0 Å². The molecule has 0 aliphatic heterocycles. The summed E-state index contributed by atoms with van der Waals surface area (Å²) in [6.07, 6.45) is 2.02. The van der Waals surface area contributed by atoms with Crippen LogP contribution in [0.25, 0.3) is 0 Å². The van der Waals surface area contributed by atoms with Crippen molar-refractivity contribution < 1.29 is 5.11 Å². The fourth-order valence-electron chi connectivity index (χ4n) is 0.864. The van der Waals surface area contributed by atoms with Gasteiger partial charge in [0.2, 0.25) is 0 Å². The molecule has 0 aliphatic rings. The average molecular weight is 196 g/mol. The molecule has 2 heteroatoms. The van der Waals surface area contributed by atoms with E-state index < -0.39 is 14.2 Å². The zero-order valence-corrected chi connectivity index (χ0v) is 10.3. The maximum absolute atomic E-state index is 9.45. The van der Waals surface area contributed by atoms with Crippen molar-refractivity contribution in [1.82, 2.24) is 0 Å². The standard InChI is InChI=1S/C11H20OSi/c1-10(2)9-11(12)7-6-8-13(3,4)5/h9,11-12H,7H2,1-5H3/t11-/m0/s1. The number of hydrogen-bond donors (Lipinski definition) is 1. The predicted octanol–water partition coefficient (Wildman–Crippen LogP) is 2.58. The van der Waals surface area contributed by atoms with E-state index in [1.165, 1.54) is 0 Å². The van der Waals surface area contributed by atoms with Gasteiger partial charge in [-0.3, -0.25) is 0 Å². The molecule has 1 atom stereocenters. The summed E-state index contributed by atoms with van der Waals surface area (Å²) in [7, 11) is -1.26. The molecule has 0 spiro atoms. The van der Waals surface area contributed by atoms with Crippen LogP contribution in [0.4, 0.5) is 0 Å². The third kappa shape index (κ3) is 9.39. The molecule has 74 valence electrons. The van der Waals surface area contributed by atoms with Crippen LogP contribution >= 0.6 is 0 Å². The van der Waals surface area contributed by atoms with Crippen molar-refractivity contribution in [2.45, 2.75) is 46.0 Å². The smallest absolute Gasteiger partial charge is 0.129 e. The highest BCUT2D eigenvalue weighted by molar-refractivity contribution is 6.83. The quantitative estimate of drug-likeness (QED) is 0.409. The van der Waals surface area contributed by atoms with E-state index in [2.05, 4.69) is 31.1 Å². The van der Waals surface area contributed by atoms with Gasteiger partial charge in [-0.15, -0.1) is 11.5 Å². The Morgan fingerprint density at radius 1 is 1.38 bits per heavy atom. The molecule has 0 saturated heterocycles. The number of allylic oxidation sites excluding steroid dienone is 1. The van der Waals surface area contributed by atoms with E-state index >= 15 is 0 Å². The SMILES string of the molecule is CC(C)=C[C@@H](O)CC#C[Si](C)(C)C. The normalized spacial score (nSPS) is 12.8. The second-order valence-corrected chi connectivity index (χ2v) is 9.32. The van der Waals surface area contributed by atoms with Gasteiger partial charge < -0.3 is 5.11 Å². The first-order chi connectivity index (χ1) is 5.81. The highest BCUT2D eigenvalue weighted by atomic mass is 28.3.